The number of anilines is 2. The lowest BCUT2D eigenvalue weighted by atomic mass is 9.82. The number of aliphatic hydroxyl groups is 6. The zero-order valence-electron chi connectivity index (χ0n) is 27.4. The normalized spacial score (nSPS) is 24.3. The fourth-order valence-corrected chi connectivity index (χ4v) is 4.86. The molecule has 2 unspecified atom stereocenters. The Labute approximate surface area is 284 Å². The van der Waals surface area contributed by atoms with E-state index in [0.717, 1.165) is 0 Å². The van der Waals surface area contributed by atoms with E-state index >= 15 is 0 Å². The molecule has 1 aromatic carbocycles. The number of aromatic amines is 1. The summed E-state index contributed by atoms with van der Waals surface area (Å²) in [4.78, 5) is 65.6. The molecule has 1 aliphatic carbocycles. The molecule has 7 atom stereocenters. The molecule has 2 heterocycles. The molecule has 0 saturated heterocycles. The van der Waals surface area contributed by atoms with E-state index < -0.39 is 78.6 Å². The van der Waals surface area contributed by atoms with Gasteiger partial charge in [0.25, 0.3) is 17.3 Å². The number of rotatable bonds is 13. The number of carbonyl (C=O) groups is 3. The molecule has 3 aromatic rings. The van der Waals surface area contributed by atoms with Gasteiger partial charge in [-0.25, -0.2) is 14.8 Å². The van der Waals surface area contributed by atoms with Crippen LogP contribution in [-0.4, -0.2) is 150 Å². The van der Waals surface area contributed by atoms with Crippen LogP contribution in [0.1, 0.15) is 28.9 Å². The van der Waals surface area contributed by atoms with Gasteiger partial charge < -0.3 is 61.0 Å². The molecular weight excluding hydrogens is 664 g/mol. The average Bonchev–Trinajstić information content (AvgIpc) is 3.06. The number of carbonyl (C=O) groups excluding carboxylic acids is 3. The van der Waals surface area contributed by atoms with Crippen molar-refractivity contribution in [1.82, 2.24) is 25.3 Å². The van der Waals surface area contributed by atoms with E-state index in [1.807, 2.05) is 21.1 Å². The van der Waals surface area contributed by atoms with Gasteiger partial charge in [-0.15, -0.1) is 0 Å². The summed E-state index contributed by atoms with van der Waals surface area (Å²) in [6.07, 6.45) is -10.8. The van der Waals surface area contributed by atoms with Gasteiger partial charge in [-0.05, 0) is 30.7 Å². The first-order chi connectivity index (χ1) is 23.4. The predicted molar refractivity (Wildman–Crippen MR) is 172 cm³/mol. The maximum absolute atomic E-state index is 13.2. The van der Waals surface area contributed by atoms with Crippen LogP contribution in [0.15, 0.2) is 35.3 Å². The van der Waals surface area contributed by atoms with Crippen LogP contribution < -0.4 is 21.9 Å². The maximum atomic E-state index is 13.2. The zero-order chi connectivity index (χ0) is 37.0. The van der Waals surface area contributed by atoms with Crippen molar-refractivity contribution in [2.45, 2.75) is 61.7 Å². The molecule has 0 aliphatic heterocycles. The van der Waals surface area contributed by atoms with Gasteiger partial charge in [-0.2, -0.15) is 4.98 Å². The number of hydrogen-bond acceptors (Lipinski definition) is 17. The number of hydrogen-bond donors (Lipinski definition) is 10. The third-order valence-corrected chi connectivity index (χ3v) is 7.81. The topological polar surface area (TPSA) is 313 Å². The molecule has 20 nitrogen and oxygen atoms in total. The number of ether oxygens (including phenoxy) is 2. The second-order valence-electron chi connectivity index (χ2n) is 12.7. The first-order valence-electron chi connectivity index (χ1n) is 15.4. The van der Waals surface area contributed by atoms with Crippen molar-refractivity contribution in [3.05, 3.63) is 52.1 Å². The molecule has 50 heavy (non-hydrogen) atoms. The molecule has 0 spiro atoms. The number of benzene rings is 1. The van der Waals surface area contributed by atoms with Crippen molar-refractivity contribution in [1.29, 1.82) is 0 Å². The van der Waals surface area contributed by atoms with Crippen molar-refractivity contribution < 1.29 is 59.0 Å². The molecule has 0 radical (unpaired) electrons. The lowest BCUT2D eigenvalue weighted by molar-refractivity contribution is -0.870. The Balaban J connectivity index is 1.40. The molecule has 0 bridgehead atoms. The standard InChI is InChI=1S/C30H40N8O12/c1-38(2,3)10-11-49-28(47)17(8-9-18(39)50-30(48)23(43)21(41)20(40)22(42)24(30)44)35-26(45)14-4-6-15(7-5-14)32-12-16-13-33-25-19(34-16)27(46)37-29(31)36-25/h4-7,13,17,20-24,40-44,48H,8-12H2,1-3H3,(H4-,31,32,33,35,36,37,45,46)/p+1/t17-,20?,21-,22+,23+,24+,30?/m0/s1. The van der Waals surface area contributed by atoms with Crippen LogP contribution >= 0.6 is 0 Å². The molecule has 1 aliphatic rings. The third kappa shape index (κ3) is 9.04. The number of H-pyrrole nitrogens is 1. The van der Waals surface area contributed by atoms with Crippen LogP contribution in [0.2, 0.25) is 0 Å². The first-order valence-corrected chi connectivity index (χ1v) is 15.4. The van der Waals surface area contributed by atoms with Crippen molar-refractivity contribution in [3.8, 4) is 0 Å². The summed E-state index contributed by atoms with van der Waals surface area (Å²) >= 11 is 0. The highest BCUT2D eigenvalue weighted by molar-refractivity contribution is 5.97. The summed E-state index contributed by atoms with van der Waals surface area (Å²) in [5.41, 5.74) is 6.22. The Morgan fingerprint density at radius 2 is 1.66 bits per heavy atom. The largest absolute Gasteiger partial charge is 0.458 e. The average molecular weight is 706 g/mol. The number of amides is 1. The number of nitrogen functional groups attached to an aromatic ring is 1. The smallest absolute Gasteiger partial charge is 0.328 e. The zero-order valence-corrected chi connectivity index (χ0v) is 27.4. The van der Waals surface area contributed by atoms with Gasteiger partial charge in [-0.3, -0.25) is 19.4 Å². The predicted octanol–water partition coefficient (Wildman–Crippen LogP) is -3.91. The van der Waals surface area contributed by atoms with E-state index in [2.05, 4.69) is 30.6 Å². The lowest BCUT2D eigenvalue weighted by Gasteiger charge is -2.46. The van der Waals surface area contributed by atoms with Crippen molar-refractivity contribution >= 4 is 40.6 Å². The molecule has 1 amide bonds. The van der Waals surface area contributed by atoms with E-state index in [1.165, 1.54) is 18.3 Å². The number of esters is 2. The number of aromatic nitrogens is 4. The number of aliphatic hydroxyl groups excluding tert-OH is 5. The van der Waals surface area contributed by atoms with Gasteiger partial charge >= 0.3 is 11.9 Å². The molecule has 1 fully saturated rings. The Kier molecular flexibility index (Phi) is 11.7. The monoisotopic (exact) mass is 705 g/mol. The van der Waals surface area contributed by atoms with Crippen LogP contribution in [0.3, 0.4) is 0 Å². The van der Waals surface area contributed by atoms with Gasteiger partial charge in [0, 0.05) is 17.7 Å². The van der Waals surface area contributed by atoms with Gasteiger partial charge in [-0.1, -0.05) is 0 Å². The van der Waals surface area contributed by atoms with E-state index in [4.69, 9.17) is 15.2 Å². The quantitative estimate of drug-likeness (QED) is 0.0461. The van der Waals surface area contributed by atoms with Crippen LogP contribution in [0.5, 0.6) is 0 Å². The van der Waals surface area contributed by atoms with E-state index in [-0.39, 0.29) is 35.8 Å². The Hall–Kier alpha value is -4.83. The van der Waals surface area contributed by atoms with Crippen molar-refractivity contribution in [3.63, 3.8) is 0 Å². The van der Waals surface area contributed by atoms with Crippen molar-refractivity contribution in [2.75, 3.05) is 45.3 Å². The minimum Gasteiger partial charge on any atom is -0.458 e. The number of nitrogens with two attached hydrogens (primary N) is 1. The summed E-state index contributed by atoms with van der Waals surface area (Å²) in [5, 5.41) is 66.1. The molecule has 1 saturated carbocycles. The highest BCUT2D eigenvalue weighted by atomic mass is 16.7. The molecule has 20 heteroatoms. The molecule has 4 rings (SSSR count). The first kappa shape index (κ1) is 38.0. The second-order valence-corrected chi connectivity index (χ2v) is 12.7. The fourth-order valence-electron chi connectivity index (χ4n) is 4.86. The maximum Gasteiger partial charge on any atom is 0.328 e. The van der Waals surface area contributed by atoms with E-state index in [1.54, 1.807) is 12.1 Å². The number of quaternary nitrogens is 1. The summed E-state index contributed by atoms with van der Waals surface area (Å²) in [7, 11) is 5.62. The molecule has 272 valence electrons. The van der Waals surface area contributed by atoms with Crippen molar-refractivity contribution in [2.24, 2.45) is 0 Å². The van der Waals surface area contributed by atoms with Gasteiger partial charge in [0.15, 0.2) is 23.4 Å². The number of nitrogens with one attached hydrogen (secondary N) is 3. The Morgan fingerprint density at radius 1 is 1.02 bits per heavy atom. The second kappa shape index (κ2) is 15.4. The van der Waals surface area contributed by atoms with Gasteiger partial charge in [0.2, 0.25) is 5.95 Å². The Morgan fingerprint density at radius 3 is 2.28 bits per heavy atom. The van der Waals surface area contributed by atoms with Crippen LogP contribution in [0, 0.1) is 0 Å². The summed E-state index contributed by atoms with van der Waals surface area (Å²) in [6, 6.07) is 4.67. The minimum atomic E-state index is -3.20. The minimum absolute atomic E-state index is 0.0156. The SMILES string of the molecule is C[N+](C)(C)CCOC(=O)[C@H](CCC(=O)OC1(O)[C@H](O)[C@H](O)C(O)[C@H](O)[C@H]1O)NC(=O)c1ccc(NCc2cnc3nc(N)[nH]c(=O)c3n2)cc1. The molecular formula is C30H41N8O12+. The Bertz CT molecular complexity index is 1730. The van der Waals surface area contributed by atoms with Gasteiger partial charge in [0.1, 0.15) is 37.5 Å². The fraction of sp³-hybridized carbons (Fsp3) is 0.500. The van der Waals surface area contributed by atoms with Crippen LogP contribution in [0.4, 0.5) is 11.6 Å². The number of nitrogens with zero attached hydrogens (tertiary/aromatic N) is 4. The number of likely N-dealkylation sites (N-methyl/N-ethyl adjacent to an activating group) is 1. The van der Waals surface area contributed by atoms with Crippen LogP contribution in [0.25, 0.3) is 11.2 Å². The number of fused-ring (bicyclic) bond motifs is 1. The summed E-state index contributed by atoms with van der Waals surface area (Å²) in [6.45, 7) is 0.572. The van der Waals surface area contributed by atoms with Crippen LogP contribution in [-0.2, 0) is 25.6 Å². The highest BCUT2D eigenvalue weighted by Gasteiger charge is 2.60. The summed E-state index contributed by atoms with van der Waals surface area (Å²) < 4.78 is 10.6. The lowest BCUT2D eigenvalue weighted by Crippen LogP contribution is -2.72. The van der Waals surface area contributed by atoms with E-state index in [0.29, 0.717) is 22.4 Å². The highest BCUT2D eigenvalue weighted by Crippen LogP contribution is 2.32. The summed E-state index contributed by atoms with van der Waals surface area (Å²) in [5.74, 6) is -6.15. The molecule has 11 N–H and O–H groups in total. The van der Waals surface area contributed by atoms with E-state index in [9.17, 15) is 49.8 Å². The van der Waals surface area contributed by atoms with Gasteiger partial charge in [0.05, 0.1) is 39.6 Å². The third-order valence-electron chi connectivity index (χ3n) is 7.81. The molecule has 2 aromatic heterocycles.